The Hall–Kier alpha value is -2.41. The third kappa shape index (κ3) is 4.85. The number of nitrogens with one attached hydrogen (secondary N) is 1. The van der Waals surface area contributed by atoms with Gasteiger partial charge in [0, 0.05) is 11.1 Å². The van der Waals surface area contributed by atoms with Gasteiger partial charge in [-0.15, -0.1) is 0 Å². The molecule has 0 atom stereocenters. The predicted molar refractivity (Wildman–Crippen MR) is 86.7 cm³/mol. The van der Waals surface area contributed by atoms with E-state index in [1.54, 1.807) is 26.4 Å². The van der Waals surface area contributed by atoms with Crippen LogP contribution in [0.1, 0.15) is 17.4 Å². The van der Waals surface area contributed by atoms with E-state index in [1.165, 1.54) is 11.3 Å². The molecule has 6 nitrogen and oxygen atoms in total. The van der Waals surface area contributed by atoms with Crippen LogP contribution in [0.2, 0.25) is 0 Å². The fraction of sp³-hybridized carbons (Fsp3) is 0.267. The number of nitrogens with zero attached hydrogens (tertiary/aromatic N) is 2. The van der Waals surface area contributed by atoms with Crippen LogP contribution in [0.5, 0.6) is 5.75 Å². The number of carbonyl (C=O) groups is 1. The number of ether oxygens (including phenoxy) is 2. The topological polar surface area (TPSA) is 72.8 Å². The molecule has 0 amide bonds. The lowest BCUT2D eigenvalue weighted by atomic mass is 10.2. The van der Waals surface area contributed by atoms with Crippen LogP contribution < -0.4 is 10.2 Å². The molecular formula is C15H17N3O3S. The van der Waals surface area contributed by atoms with E-state index in [9.17, 15) is 4.79 Å². The first-order valence-electron chi connectivity index (χ1n) is 6.74. The molecule has 0 spiro atoms. The van der Waals surface area contributed by atoms with Crippen LogP contribution in [0.4, 0.5) is 5.13 Å². The van der Waals surface area contributed by atoms with Crippen molar-refractivity contribution in [3.8, 4) is 5.75 Å². The molecule has 0 bridgehead atoms. The van der Waals surface area contributed by atoms with Crippen LogP contribution in [-0.4, -0.2) is 30.9 Å². The number of hydrogen-bond donors (Lipinski definition) is 1. The van der Waals surface area contributed by atoms with E-state index in [0.717, 1.165) is 16.2 Å². The first-order valence-corrected chi connectivity index (χ1v) is 7.56. The zero-order chi connectivity index (χ0) is 15.8. The van der Waals surface area contributed by atoms with Crippen molar-refractivity contribution in [2.45, 2.75) is 13.3 Å². The predicted octanol–water partition coefficient (Wildman–Crippen LogP) is 2.70. The van der Waals surface area contributed by atoms with Gasteiger partial charge >= 0.3 is 5.97 Å². The first-order chi connectivity index (χ1) is 10.7. The molecule has 1 aromatic carbocycles. The lowest BCUT2D eigenvalue weighted by molar-refractivity contribution is -0.142. The van der Waals surface area contributed by atoms with Crippen molar-refractivity contribution in [3.63, 3.8) is 0 Å². The van der Waals surface area contributed by atoms with Gasteiger partial charge in [-0.3, -0.25) is 10.2 Å². The quantitative estimate of drug-likeness (QED) is 0.482. The summed E-state index contributed by atoms with van der Waals surface area (Å²) in [7, 11) is 1.63. The molecule has 1 N–H and O–H groups in total. The summed E-state index contributed by atoms with van der Waals surface area (Å²) >= 11 is 1.37. The number of aromatic nitrogens is 1. The van der Waals surface area contributed by atoms with E-state index in [1.807, 2.05) is 24.3 Å². The first kappa shape index (κ1) is 16.0. The number of hydrazone groups is 1. The zero-order valence-corrected chi connectivity index (χ0v) is 13.2. The second kappa shape index (κ2) is 8.14. The third-order valence-corrected chi connectivity index (χ3v) is 3.57. The summed E-state index contributed by atoms with van der Waals surface area (Å²) in [6.45, 7) is 2.17. The van der Waals surface area contributed by atoms with Crippen molar-refractivity contribution < 1.29 is 14.3 Å². The standard InChI is InChI=1S/C15H17N3O3S/c1-3-21-14(19)8-13-10-16-15(22-13)18-17-9-11-4-6-12(20-2)7-5-11/h4-7,9-10H,3,8H2,1-2H3,(H,16,18)/b17-9+. The average Bonchev–Trinajstić information content (AvgIpc) is 2.95. The number of rotatable bonds is 7. The van der Waals surface area contributed by atoms with Crippen LogP contribution in [0.3, 0.4) is 0 Å². The Labute approximate surface area is 132 Å². The number of anilines is 1. The SMILES string of the molecule is CCOC(=O)Cc1cnc(N/N=C/c2ccc(OC)cc2)s1. The van der Waals surface area contributed by atoms with Crippen LogP contribution >= 0.6 is 11.3 Å². The molecule has 0 aliphatic carbocycles. The molecule has 116 valence electrons. The van der Waals surface area contributed by atoms with Crippen molar-refractivity contribution in [3.05, 3.63) is 40.9 Å². The number of methoxy groups -OCH3 is 1. The Kier molecular flexibility index (Phi) is 5.91. The lowest BCUT2D eigenvalue weighted by Crippen LogP contribution is -2.06. The van der Waals surface area contributed by atoms with Gasteiger partial charge in [-0.2, -0.15) is 5.10 Å². The second-order valence-corrected chi connectivity index (χ2v) is 5.37. The van der Waals surface area contributed by atoms with Crippen molar-refractivity contribution in [1.29, 1.82) is 0 Å². The minimum Gasteiger partial charge on any atom is -0.497 e. The molecule has 1 aromatic heterocycles. The summed E-state index contributed by atoms with van der Waals surface area (Å²) in [5.41, 5.74) is 3.78. The zero-order valence-electron chi connectivity index (χ0n) is 12.4. The fourth-order valence-electron chi connectivity index (χ4n) is 1.65. The maximum Gasteiger partial charge on any atom is 0.311 e. The minimum absolute atomic E-state index is 0.232. The van der Waals surface area contributed by atoms with E-state index in [4.69, 9.17) is 9.47 Å². The van der Waals surface area contributed by atoms with Gasteiger partial charge in [0.1, 0.15) is 5.75 Å². The summed E-state index contributed by atoms with van der Waals surface area (Å²) < 4.78 is 9.98. The minimum atomic E-state index is -0.251. The van der Waals surface area contributed by atoms with Crippen LogP contribution in [0, 0.1) is 0 Å². The summed E-state index contributed by atoms with van der Waals surface area (Å²) in [5, 5.41) is 4.74. The maximum atomic E-state index is 11.4. The summed E-state index contributed by atoms with van der Waals surface area (Å²) in [6.07, 6.45) is 3.56. The Bertz CT molecular complexity index is 638. The highest BCUT2D eigenvalue weighted by Gasteiger charge is 2.07. The van der Waals surface area contributed by atoms with E-state index in [-0.39, 0.29) is 12.4 Å². The molecule has 22 heavy (non-hydrogen) atoms. The molecule has 0 saturated heterocycles. The summed E-state index contributed by atoms with van der Waals surface area (Å²) in [4.78, 5) is 16.4. The van der Waals surface area contributed by atoms with Crippen molar-refractivity contribution in [1.82, 2.24) is 4.98 Å². The smallest absolute Gasteiger partial charge is 0.311 e. The maximum absolute atomic E-state index is 11.4. The molecule has 1 heterocycles. The Morgan fingerprint density at radius 3 is 2.86 bits per heavy atom. The van der Waals surface area contributed by atoms with E-state index >= 15 is 0 Å². The molecule has 2 aromatic rings. The molecule has 0 fully saturated rings. The van der Waals surface area contributed by atoms with Gasteiger partial charge in [-0.1, -0.05) is 11.3 Å². The Morgan fingerprint density at radius 1 is 1.41 bits per heavy atom. The molecule has 7 heteroatoms. The van der Waals surface area contributed by atoms with Crippen LogP contribution in [0.25, 0.3) is 0 Å². The molecule has 0 unspecified atom stereocenters. The second-order valence-electron chi connectivity index (χ2n) is 4.26. The number of benzene rings is 1. The van der Waals surface area contributed by atoms with Crippen LogP contribution in [0.15, 0.2) is 35.6 Å². The highest BCUT2D eigenvalue weighted by atomic mass is 32.1. The number of carbonyl (C=O) groups excluding carboxylic acids is 1. The molecule has 2 rings (SSSR count). The Morgan fingerprint density at radius 2 is 2.18 bits per heavy atom. The largest absolute Gasteiger partial charge is 0.497 e. The Balaban J connectivity index is 1.87. The number of thiazole rings is 1. The molecular weight excluding hydrogens is 302 g/mol. The van der Waals surface area contributed by atoms with Crippen molar-refractivity contribution in [2.75, 3.05) is 19.1 Å². The molecule has 0 aliphatic heterocycles. The van der Waals surface area contributed by atoms with Crippen molar-refractivity contribution in [2.24, 2.45) is 5.10 Å². The van der Waals surface area contributed by atoms with Gasteiger partial charge in [0.2, 0.25) is 5.13 Å². The van der Waals surface area contributed by atoms with E-state index in [2.05, 4.69) is 15.5 Å². The average molecular weight is 319 g/mol. The number of esters is 1. The van der Waals surface area contributed by atoms with Gasteiger partial charge in [0.15, 0.2) is 0 Å². The highest BCUT2D eigenvalue weighted by Crippen LogP contribution is 2.19. The van der Waals surface area contributed by atoms with Crippen LogP contribution in [-0.2, 0) is 16.0 Å². The van der Waals surface area contributed by atoms with E-state index in [0.29, 0.717) is 11.7 Å². The number of hydrogen-bond acceptors (Lipinski definition) is 7. The van der Waals surface area contributed by atoms with Gasteiger partial charge in [0.25, 0.3) is 0 Å². The monoisotopic (exact) mass is 319 g/mol. The van der Waals surface area contributed by atoms with Crippen molar-refractivity contribution >= 4 is 28.7 Å². The highest BCUT2D eigenvalue weighted by molar-refractivity contribution is 7.15. The molecule has 0 radical (unpaired) electrons. The normalized spacial score (nSPS) is 10.6. The summed E-state index contributed by atoms with van der Waals surface area (Å²) in [5.74, 6) is 0.549. The lowest BCUT2D eigenvalue weighted by Gasteiger charge is -1.99. The van der Waals surface area contributed by atoms with Gasteiger partial charge < -0.3 is 9.47 Å². The van der Waals surface area contributed by atoms with Gasteiger partial charge in [-0.05, 0) is 36.8 Å². The summed E-state index contributed by atoms with van der Waals surface area (Å²) in [6, 6.07) is 7.53. The van der Waals surface area contributed by atoms with Gasteiger partial charge in [0.05, 0.1) is 26.4 Å². The third-order valence-electron chi connectivity index (χ3n) is 2.67. The molecule has 0 saturated carbocycles. The van der Waals surface area contributed by atoms with Gasteiger partial charge in [-0.25, -0.2) is 4.98 Å². The fourth-order valence-corrected chi connectivity index (χ4v) is 2.39. The molecule has 0 aliphatic rings. The van der Waals surface area contributed by atoms with E-state index < -0.39 is 0 Å².